The van der Waals surface area contributed by atoms with E-state index in [1.807, 2.05) is 13.0 Å². The van der Waals surface area contributed by atoms with Crippen molar-refractivity contribution in [2.24, 2.45) is 0 Å². The number of benzene rings is 1. The molecule has 1 rings (SSSR count). The van der Waals surface area contributed by atoms with E-state index in [2.05, 4.69) is 5.32 Å². The highest BCUT2D eigenvalue weighted by molar-refractivity contribution is 5.79. The van der Waals surface area contributed by atoms with Crippen LogP contribution >= 0.6 is 0 Å². The van der Waals surface area contributed by atoms with Crippen molar-refractivity contribution >= 4 is 5.97 Å². The van der Waals surface area contributed by atoms with Crippen molar-refractivity contribution < 1.29 is 14.3 Å². The second kappa shape index (κ2) is 6.02. The Balaban J connectivity index is 2.46. The van der Waals surface area contributed by atoms with Crippen LogP contribution in [0.25, 0.3) is 0 Å². The van der Waals surface area contributed by atoms with E-state index >= 15 is 0 Å². The average Bonchev–Trinajstić information content (AvgIpc) is 2.24. The predicted molar refractivity (Wildman–Crippen MR) is 59.6 cm³/mol. The summed E-state index contributed by atoms with van der Waals surface area (Å²) in [4.78, 5) is 10.2. The summed E-state index contributed by atoms with van der Waals surface area (Å²) in [6.07, 6.45) is 2.59. The molecule has 0 unspecified atom stereocenters. The van der Waals surface area contributed by atoms with Gasteiger partial charge in [-0.05, 0) is 24.6 Å². The van der Waals surface area contributed by atoms with Crippen molar-refractivity contribution in [2.75, 3.05) is 6.54 Å². The van der Waals surface area contributed by atoms with Crippen LogP contribution in [0.3, 0.4) is 0 Å². The van der Waals surface area contributed by atoms with Gasteiger partial charge in [0, 0.05) is 18.7 Å². The van der Waals surface area contributed by atoms with Crippen LogP contribution in [0.1, 0.15) is 18.5 Å². The van der Waals surface area contributed by atoms with E-state index < -0.39 is 5.97 Å². The Hall–Kier alpha value is -1.68. The van der Waals surface area contributed by atoms with Crippen molar-refractivity contribution in [1.82, 2.24) is 5.32 Å². The number of aliphatic carboxylic acids is 1. The zero-order valence-corrected chi connectivity index (χ0v) is 8.98. The van der Waals surface area contributed by atoms with Crippen LogP contribution in [0.4, 0.5) is 4.39 Å². The van der Waals surface area contributed by atoms with Crippen molar-refractivity contribution in [3.8, 4) is 0 Å². The highest BCUT2D eigenvalue weighted by atomic mass is 19.1. The quantitative estimate of drug-likeness (QED) is 0.752. The minimum absolute atomic E-state index is 0.0193. The van der Waals surface area contributed by atoms with Gasteiger partial charge in [0.05, 0.1) is 0 Å². The van der Waals surface area contributed by atoms with Crippen molar-refractivity contribution in [3.63, 3.8) is 0 Å². The van der Waals surface area contributed by atoms with E-state index in [4.69, 9.17) is 5.11 Å². The third-order valence-corrected chi connectivity index (χ3v) is 2.15. The Morgan fingerprint density at radius 2 is 2.38 bits per heavy atom. The summed E-state index contributed by atoms with van der Waals surface area (Å²) < 4.78 is 12.9. The maximum Gasteiger partial charge on any atom is 0.328 e. The lowest BCUT2D eigenvalue weighted by Gasteiger charge is -2.12. The van der Waals surface area contributed by atoms with E-state index in [-0.39, 0.29) is 11.9 Å². The largest absolute Gasteiger partial charge is 0.478 e. The summed E-state index contributed by atoms with van der Waals surface area (Å²) >= 11 is 0. The zero-order chi connectivity index (χ0) is 12.0. The molecule has 0 aliphatic heterocycles. The molecule has 1 atom stereocenters. The van der Waals surface area contributed by atoms with Crippen LogP contribution in [0.15, 0.2) is 36.4 Å². The number of carboxylic acids is 1. The van der Waals surface area contributed by atoms with Gasteiger partial charge in [-0.3, -0.25) is 0 Å². The number of carboxylic acid groups (broad SMARTS) is 1. The number of hydrogen-bond acceptors (Lipinski definition) is 2. The second-order valence-corrected chi connectivity index (χ2v) is 3.43. The van der Waals surface area contributed by atoms with Crippen LogP contribution < -0.4 is 5.32 Å². The van der Waals surface area contributed by atoms with Crippen LogP contribution in [-0.4, -0.2) is 17.6 Å². The van der Waals surface area contributed by atoms with Gasteiger partial charge in [0.2, 0.25) is 0 Å². The van der Waals surface area contributed by atoms with E-state index in [0.717, 1.165) is 11.6 Å². The molecule has 0 aliphatic rings. The topological polar surface area (TPSA) is 49.3 Å². The van der Waals surface area contributed by atoms with E-state index in [9.17, 15) is 9.18 Å². The first-order chi connectivity index (χ1) is 7.59. The fraction of sp³-hybridized carbons (Fsp3) is 0.250. The molecule has 1 aromatic carbocycles. The molecule has 2 N–H and O–H groups in total. The van der Waals surface area contributed by atoms with Gasteiger partial charge in [-0.2, -0.15) is 0 Å². The standard InChI is InChI=1S/C12H14FNO2/c1-9(14-7-3-6-12(15)16)10-4-2-5-11(13)8-10/h2-6,8-9,14H,7H2,1H3,(H,15,16)/b6-3+/t9-/m0/s1. The number of halogens is 1. The Morgan fingerprint density at radius 3 is 3.00 bits per heavy atom. The lowest BCUT2D eigenvalue weighted by molar-refractivity contribution is -0.131. The summed E-state index contributed by atoms with van der Waals surface area (Å²) in [5.74, 6) is -1.24. The zero-order valence-electron chi connectivity index (χ0n) is 8.98. The molecule has 3 nitrogen and oxygen atoms in total. The molecule has 1 aromatic rings. The van der Waals surface area contributed by atoms with Crippen molar-refractivity contribution in [3.05, 3.63) is 47.8 Å². The van der Waals surface area contributed by atoms with Gasteiger partial charge in [-0.25, -0.2) is 9.18 Å². The maximum absolute atomic E-state index is 12.9. The van der Waals surface area contributed by atoms with Crippen molar-refractivity contribution in [2.45, 2.75) is 13.0 Å². The minimum atomic E-state index is -0.972. The molecule has 86 valence electrons. The fourth-order valence-corrected chi connectivity index (χ4v) is 1.30. The summed E-state index contributed by atoms with van der Waals surface area (Å²) in [7, 11) is 0. The SMILES string of the molecule is C[C@H](NC/C=C/C(=O)O)c1cccc(F)c1. The molecule has 0 heterocycles. The molecule has 0 radical (unpaired) electrons. The number of rotatable bonds is 5. The fourth-order valence-electron chi connectivity index (χ4n) is 1.30. The Labute approximate surface area is 93.6 Å². The first-order valence-corrected chi connectivity index (χ1v) is 4.98. The summed E-state index contributed by atoms with van der Waals surface area (Å²) in [5.41, 5.74) is 0.837. The molecule has 0 spiro atoms. The summed E-state index contributed by atoms with van der Waals surface area (Å²) in [6.45, 7) is 2.33. The lowest BCUT2D eigenvalue weighted by Crippen LogP contribution is -2.18. The number of carbonyl (C=O) groups is 1. The molecule has 0 bridgehead atoms. The van der Waals surface area contributed by atoms with Gasteiger partial charge < -0.3 is 10.4 Å². The van der Waals surface area contributed by atoms with Crippen LogP contribution in [0, 0.1) is 5.82 Å². The molecular formula is C12H14FNO2. The van der Waals surface area contributed by atoms with Gasteiger partial charge in [0.15, 0.2) is 0 Å². The van der Waals surface area contributed by atoms with E-state index in [1.165, 1.54) is 18.2 Å². The third-order valence-electron chi connectivity index (χ3n) is 2.15. The Bertz CT molecular complexity index is 390. The average molecular weight is 223 g/mol. The predicted octanol–water partition coefficient (Wildman–Crippen LogP) is 2.12. The highest BCUT2D eigenvalue weighted by Gasteiger charge is 2.03. The number of nitrogens with one attached hydrogen (secondary N) is 1. The molecule has 0 amide bonds. The van der Waals surface area contributed by atoms with Gasteiger partial charge in [-0.15, -0.1) is 0 Å². The molecule has 0 saturated carbocycles. The van der Waals surface area contributed by atoms with Gasteiger partial charge in [-0.1, -0.05) is 18.2 Å². The van der Waals surface area contributed by atoms with Gasteiger partial charge in [0.25, 0.3) is 0 Å². The molecule has 0 aromatic heterocycles. The van der Waals surface area contributed by atoms with E-state index in [1.54, 1.807) is 6.07 Å². The normalized spacial score (nSPS) is 12.9. The third kappa shape index (κ3) is 4.23. The molecule has 0 aliphatic carbocycles. The van der Waals surface area contributed by atoms with Crippen LogP contribution in [0.5, 0.6) is 0 Å². The smallest absolute Gasteiger partial charge is 0.328 e. The molecule has 4 heteroatoms. The molecule has 0 saturated heterocycles. The monoisotopic (exact) mass is 223 g/mol. The molecule has 0 fully saturated rings. The molecular weight excluding hydrogens is 209 g/mol. The van der Waals surface area contributed by atoms with Crippen molar-refractivity contribution in [1.29, 1.82) is 0 Å². The highest BCUT2D eigenvalue weighted by Crippen LogP contribution is 2.12. The number of hydrogen-bond donors (Lipinski definition) is 2. The Kier molecular flexibility index (Phi) is 4.66. The first-order valence-electron chi connectivity index (χ1n) is 4.98. The van der Waals surface area contributed by atoms with Gasteiger partial charge >= 0.3 is 5.97 Å². The molecule has 16 heavy (non-hydrogen) atoms. The lowest BCUT2D eigenvalue weighted by atomic mass is 10.1. The Morgan fingerprint density at radius 1 is 1.62 bits per heavy atom. The summed E-state index contributed by atoms with van der Waals surface area (Å²) in [5, 5.41) is 11.4. The second-order valence-electron chi connectivity index (χ2n) is 3.43. The van der Waals surface area contributed by atoms with E-state index in [0.29, 0.717) is 6.54 Å². The van der Waals surface area contributed by atoms with Crippen LogP contribution in [-0.2, 0) is 4.79 Å². The minimum Gasteiger partial charge on any atom is -0.478 e. The first kappa shape index (κ1) is 12.4. The van der Waals surface area contributed by atoms with Crippen LogP contribution in [0.2, 0.25) is 0 Å². The maximum atomic E-state index is 12.9. The van der Waals surface area contributed by atoms with Gasteiger partial charge in [0.1, 0.15) is 5.82 Å². The summed E-state index contributed by atoms with van der Waals surface area (Å²) in [6, 6.07) is 6.30.